The standard InChI is InChI=1S/C17H26N2O3.C2H2O4/c1-4-6-7-11-18-12-13-19-17(20)14-9-8-10-15(21-3)16(14)22-5-2;3-1(4)2(5)6/h8-11H,4-7,12-13H2,1-3H3,(H,19,20);(H,3,4)(H,5,6). The molecule has 3 N–H and O–H groups in total. The molecule has 9 nitrogen and oxygen atoms in total. The van der Waals surface area contributed by atoms with E-state index in [1.54, 1.807) is 25.3 Å². The number of methoxy groups -OCH3 is 1. The molecule has 0 unspecified atom stereocenters. The summed E-state index contributed by atoms with van der Waals surface area (Å²) in [6.07, 6.45) is 5.47. The van der Waals surface area contributed by atoms with Crippen LogP contribution in [0, 0.1) is 0 Å². The van der Waals surface area contributed by atoms with E-state index in [0.29, 0.717) is 36.8 Å². The Balaban J connectivity index is 0.00000105. The summed E-state index contributed by atoms with van der Waals surface area (Å²) >= 11 is 0. The third-order valence-electron chi connectivity index (χ3n) is 3.31. The second kappa shape index (κ2) is 15.0. The highest BCUT2D eigenvalue weighted by molar-refractivity contribution is 6.26. The lowest BCUT2D eigenvalue weighted by molar-refractivity contribution is -0.450. The van der Waals surface area contributed by atoms with Crippen LogP contribution in [0.5, 0.6) is 11.5 Å². The van der Waals surface area contributed by atoms with Crippen LogP contribution in [0.3, 0.4) is 0 Å². The van der Waals surface area contributed by atoms with Crippen molar-refractivity contribution in [2.45, 2.75) is 33.1 Å². The molecular weight excluding hydrogens is 368 g/mol. The van der Waals surface area contributed by atoms with E-state index in [9.17, 15) is 4.79 Å². The number of carbonyl (C=O) groups excluding carboxylic acids is 2. The molecule has 28 heavy (non-hydrogen) atoms. The van der Waals surface area contributed by atoms with E-state index >= 15 is 0 Å². The first-order valence-electron chi connectivity index (χ1n) is 8.96. The van der Waals surface area contributed by atoms with Crippen LogP contribution >= 0.6 is 0 Å². The van der Waals surface area contributed by atoms with E-state index < -0.39 is 11.9 Å². The Morgan fingerprint density at radius 2 is 1.96 bits per heavy atom. The molecule has 0 spiro atoms. The van der Waals surface area contributed by atoms with Crippen molar-refractivity contribution in [1.29, 1.82) is 0 Å². The number of carboxylic acids is 2. The normalized spacial score (nSPS) is 9.96. The van der Waals surface area contributed by atoms with Gasteiger partial charge >= 0.3 is 5.97 Å². The van der Waals surface area contributed by atoms with E-state index in [4.69, 9.17) is 29.3 Å². The lowest BCUT2D eigenvalue weighted by Crippen LogP contribution is -2.71. The first-order chi connectivity index (χ1) is 13.4. The molecule has 0 bridgehead atoms. The zero-order valence-corrected chi connectivity index (χ0v) is 16.4. The van der Waals surface area contributed by atoms with Gasteiger partial charge in [0.1, 0.15) is 6.21 Å². The SMILES string of the molecule is CCCCC=[NH+]CCNC(=O)c1cccc(OC)c1OCC.O=C([O-])C(=O)O. The second-order valence-electron chi connectivity index (χ2n) is 5.42. The predicted molar refractivity (Wildman–Crippen MR) is 101 cm³/mol. The van der Waals surface area contributed by atoms with Crippen LogP contribution in [-0.2, 0) is 9.59 Å². The van der Waals surface area contributed by atoms with E-state index in [0.717, 1.165) is 6.42 Å². The van der Waals surface area contributed by atoms with Gasteiger partial charge in [0, 0.05) is 6.42 Å². The molecule has 0 aliphatic rings. The van der Waals surface area contributed by atoms with Crippen molar-refractivity contribution in [2.24, 2.45) is 0 Å². The molecule has 0 aliphatic heterocycles. The molecule has 0 saturated carbocycles. The van der Waals surface area contributed by atoms with E-state index in [1.807, 2.05) is 13.1 Å². The van der Waals surface area contributed by atoms with Crippen LogP contribution < -0.4 is 24.9 Å². The van der Waals surface area contributed by atoms with Crippen molar-refractivity contribution in [3.63, 3.8) is 0 Å². The maximum Gasteiger partial charge on any atom is 0.351 e. The molecule has 156 valence electrons. The molecule has 0 saturated heterocycles. The molecule has 1 amide bonds. The van der Waals surface area contributed by atoms with Gasteiger partial charge in [-0.05, 0) is 25.5 Å². The van der Waals surface area contributed by atoms with Gasteiger partial charge in [-0.2, -0.15) is 0 Å². The molecule has 0 radical (unpaired) electrons. The Kier molecular flexibility index (Phi) is 13.3. The number of carbonyl (C=O) groups is 3. The lowest BCUT2D eigenvalue weighted by atomic mass is 10.1. The van der Waals surface area contributed by atoms with Gasteiger partial charge < -0.3 is 29.8 Å². The summed E-state index contributed by atoms with van der Waals surface area (Å²) in [6, 6.07) is 5.31. The molecule has 1 aromatic rings. The maximum absolute atomic E-state index is 12.3. The summed E-state index contributed by atoms with van der Waals surface area (Å²) in [5.74, 6) is -3.10. The minimum absolute atomic E-state index is 0.155. The zero-order chi connectivity index (χ0) is 21.4. The van der Waals surface area contributed by atoms with Gasteiger partial charge in [-0.25, -0.2) is 9.79 Å². The molecule has 0 aromatic heterocycles. The number of rotatable bonds is 10. The van der Waals surface area contributed by atoms with Crippen molar-refractivity contribution in [1.82, 2.24) is 5.32 Å². The fourth-order valence-corrected chi connectivity index (χ4v) is 2.00. The van der Waals surface area contributed by atoms with Crippen LogP contribution in [0.25, 0.3) is 0 Å². The Morgan fingerprint density at radius 3 is 2.50 bits per heavy atom. The average molecular weight is 396 g/mol. The topological polar surface area (TPSA) is 139 Å². The van der Waals surface area contributed by atoms with Crippen molar-refractivity contribution >= 4 is 24.1 Å². The average Bonchev–Trinajstić information content (AvgIpc) is 2.67. The fourth-order valence-electron chi connectivity index (χ4n) is 2.00. The van der Waals surface area contributed by atoms with E-state index in [1.165, 1.54) is 12.8 Å². The van der Waals surface area contributed by atoms with Gasteiger partial charge in [-0.15, -0.1) is 0 Å². The van der Waals surface area contributed by atoms with Crippen LogP contribution in [-0.4, -0.2) is 56.0 Å². The maximum atomic E-state index is 12.3. The fraction of sp³-hybridized carbons (Fsp3) is 0.474. The van der Waals surface area contributed by atoms with Crippen molar-refractivity contribution in [3.05, 3.63) is 23.8 Å². The van der Waals surface area contributed by atoms with Crippen LogP contribution in [0.2, 0.25) is 0 Å². The number of benzene rings is 1. The molecule has 9 heteroatoms. The summed E-state index contributed by atoms with van der Waals surface area (Å²) in [5.41, 5.74) is 0.496. The third-order valence-corrected chi connectivity index (χ3v) is 3.31. The molecule has 0 aliphatic carbocycles. The Bertz CT molecular complexity index is 648. The number of ether oxygens (including phenoxy) is 2. The quantitative estimate of drug-likeness (QED) is 0.261. The largest absolute Gasteiger partial charge is 0.539 e. The first-order valence-corrected chi connectivity index (χ1v) is 8.96. The number of hydrogen-bond acceptors (Lipinski definition) is 6. The summed E-state index contributed by atoms with van der Waals surface area (Å²) in [5, 5.41) is 19.2. The highest BCUT2D eigenvalue weighted by Gasteiger charge is 2.16. The van der Waals surface area contributed by atoms with Gasteiger partial charge in [0.15, 0.2) is 24.0 Å². The van der Waals surface area contributed by atoms with Crippen molar-refractivity contribution < 1.29 is 39.1 Å². The van der Waals surface area contributed by atoms with E-state index in [2.05, 4.69) is 17.2 Å². The summed E-state index contributed by atoms with van der Waals surface area (Å²) < 4.78 is 10.8. The third kappa shape index (κ3) is 10.1. The molecule has 0 fully saturated rings. The van der Waals surface area contributed by atoms with Crippen LogP contribution in [0.15, 0.2) is 18.2 Å². The number of carboxylic acid groups (broad SMARTS) is 2. The van der Waals surface area contributed by atoms with Gasteiger partial charge in [0.25, 0.3) is 5.91 Å². The number of unbranched alkanes of at least 4 members (excludes halogenated alkanes) is 2. The van der Waals surface area contributed by atoms with Crippen molar-refractivity contribution in [3.8, 4) is 11.5 Å². The Hall–Kier alpha value is -3.10. The van der Waals surface area contributed by atoms with Gasteiger partial charge in [-0.3, -0.25) is 4.79 Å². The molecule has 1 aromatic carbocycles. The highest BCUT2D eigenvalue weighted by atomic mass is 16.5. The van der Waals surface area contributed by atoms with Crippen molar-refractivity contribution in [2.75, 3.05) is 26.8 Å². The molecular formula is C19H28N2O7. The Labute approximate surface area is 164 Å². The lowest BCUT2D eigenvalue weighted by Gasteiger charge is -2.13. The van der Waals surface area contributed by atoms with Crippen LogP contribution in [0.1, 0.15) is 43.5 Å². The monoisotopic (exact) mass is 396 g/mol. The number of aliphatic carboxylic acids is 2. The van der Waals surface area contributed by atoms with Crippen LogP contribution in [0.4, 0.5) is 0 Å². The number of para-hydroxylation sites is 1. The summed E-state index contributed by atoms with van der Waals surface area (Å²) in [4.78, 5) is 33.5. The number of amides is 1. The number of hydrogen-bond donors (Lipinski definition) is 3. The molecule has 0 heterocycles. The number of nitrogens with one attached hydrogen (secondary N) is 2. The summed E-state index contributed by atoms with van der Waals surface area (Å²) in [6.45, 7) is 5.80. The highest BCUT2D eigenvalue weighted by Crippen LogP contribution is 2.30. The zero-order valence-electron chi connectivity index (χ0n) is 16.4. The van der Waals surface area contributed by atoms with E-state index in [-0.39, 0.29) is 5.91 Å². The summed E-state index contributed by atoms with van der Waals surface area (Å²) in [7, 11) is 1.57. The van der Waals surface area contributed by atoms with Gasteiger partial charge in [-0.1, -0.05) is 19.4 Å². The van der Waals surface area contributed by atoms with Gasteiger partial charge in [0.05, 0.1) is 25.8 Å². The first kappa shape index (κ1) is 24.9. The minimum atomic E-state index is -2.07. The molecule has 1 rings (SSSR count). The minimum Gasteiger partial charge on any atom is -0.539 e. The van der Waals surface area contributed by atoms with Gasteiger partial charge in [0.2, 0.25) is 0 Å². The smallest absolute Gasteiger partial charge is 0.351 e. The second-order valence-corrected chi connectivity index (χ2v) is 5.42. The Morgan fingerprint density at radius 1 is 1.29 bits per heavy atom. The predicted octanol–water partition coefficient (Wildman–Crippen LogP) is -1.01. The molecule has 0 atom stereocenters.